The minimum Gasteiger partial charge on any atom is -0.309 e. The van der Waals surface area contributed by atoms with Gasteiger partial charge in [-0.3, -0.25) is 0 Å². The average Bonchev–Trinajstić information content (AvgIpc) is 3.25. The van der Waals surface area contributed by atoms with Crippen LogP contribution in [0.5, 0.6) is 0 Å². The maximum absolute atomic E-state index is 6.50. The summed E-state index contributed by atoms with van der Waals surface area (Å²) in [6, 6.07) is 47.3. The van der Waals surface area contributed by atoms with Crippen LogP contribution in [0, 0.1) is 0 Å². The lowest BCUT2D eigenvalue weighted by atomic mass is 9.93. The van der Waals surface area contributed by atoms with Gasteiger partial charge in [0, 0.05) is 21.4 Å². The zero-order chi connectivity index (χ0) is 24.1. The van der Waals surface area contributed by atoms with Gasteiger partial charge in [0.25, 0.3) is 0 Å². The van der Waals surface area contributed by atoms with E-state index in [-0.39, 0.29) is 0 Å². The van der Waals surface area contributed by atoms with Gasteiger partial charge < -0.3 is 4.57 Å². The number of halogens is 1. The van der Waals surface area contributed by atoms with Crippen LogP contribution in [-0.2, 0) is 0 Å². The van der Waals surface area contributed by atoms with Gasteiger partial charge in [0.05, 0.1) is 16.7 Å². The molecule has 0 unspecified atom stereocenters. The predicted octanol–water partition coefficient (Wildman–Crippen LogP) is 9.92. The molecule has 0 aliphatic rings. The first-order valence-corrected chi connectivity index (χ1v) is 12.5. The topological polar surface area (TPSA) is 4.93 Å². The number of fused-ring (bicyclic) bond motifs is 4. The molecule has 0 amide bonds. The molecule has 0 aliphatic carbocycles. The Bertz CT molecular complexity index is 1900. The first-order valence-electron chi connectivity index (χ1n) is 12.1. The second kappa shape index (κ2) is 8.41. The summed E-state index contributed by atoms with van der Waals surface area (Å²) in [5.41, 5.74) is 8.16. The van der Waals surface area contributed by atoms with Crippen molar-refractivity contribution in [3.8, 4) is 27.9 Å². The lowest BCUT2D eigenvalue weighted by Crippen LogP contribution is -1.98. The van der Waals surface area contributed by atoms with E-state index in [1.807, 2.05) is 12.1 Å². The SMILES string of the molecule is Clc1ccc(-c2ccccc2-n2c3ccccc3c3cc4ccccc4cc32)c(-c2ccccc2)c1. The lowest BCUT2D eigenvalue weighted by Gasteiger charge is -2.17. The molecule has 36 heavy (non-hydrogen) atoms. The average molecular weight is 480 g/mol. The molecule has 1 nitrogen and oxygen atoms in total. The Morgan fingerprint density at radius 3 is 2.00 bits per heavy atom. The molecule has 1 aromatic heterocycles. The number of aromatic nitrogens is 1. The van der Waals surface area contributed by atoms with Crippen LogP contribution < -0.4 is 0 Å². The molecule has 1 heterocycles. The molecule has 0 spiro atoms. The molecule has 0 radical (unpaired) electrons. The Hall–Kier alpha value is -4.33. The molecule has 2 heteroatoms. The maximum atomic E-state index is 6.50. The summed E-state index contributed by atoms with van der Waals surface area (Å²) in [5, 5.41) is 5.75. The summed E-state index contributed by atoms with van der Waals surface area (Å²) in [4.78, 5) is 0. The molecule has 0 bridgehead atoms. The molecule has 7 rings (SSSR count). The minimum atomic E-state index is 0.735. The molecular weight excluding hydrogens is 458 g/mol. The third-order valence-electron chi connectivity index (χ3n) is 7.04. The van der Waals surface area contributed by atoms with Gasteiger partial charge >= 0.3 is 0 Å². The van der Waals surface area contributed by atoms with Crippen LogP contribution in [0.4, 0.5) is 0 Å². The Morgan fingerprint density at radius 1 is 0.444 bits per heavy atom. The van der Waals surface area contributed by atoms with E-state index in [0.29, 0.717) is 0 Å². The largest absolute Gasteiger partial charge is 0.309 e. The highest BCUT2D eigenvalue weighted by atomic mass is 35.5. The molecule has 0 fully saturated rings. The van der Waals surface area contributed by atoms with E-state index in [1.165, 1.54) is 38.1 Å². The Kier molecular flexibility index (Phi) is 4.90. The van der Waals surface area contributed by atoms with Crippen molar-refractivity contribution in [3.63, 3.8) is 0 Å². The number of hydrogen-bond acceptors (Lipinski definition) is 0. The fourth-order valence-corrected chi connectivity index (χ4v) is 5.59. The molecule has 0 aliphatic heterocycles. The van der Waals surface area contributed by atoms with E-state index in [4.69, 9.17) is 11.6 Å². The molecule has 0 saturated heterocycles. The van der Waals surface area contributed by atoms with Crippen LogP contribution in [-0.4, -0.2) is 4.57 Å². The van der Waals surface area contributed by atoms with Crippen LogP contribution in [0.2, 0.25) is 5.02 Å². The summed E-state index contributed by atoms with van der Waals surface area (Å²) in [6.45, 7) is 0. The van der Waals surface area contributed by atoms with Crippen molar-refractivity contribution in [2.24, 2.45) is 0 Å². The van der Waals surface area contributed by atoms with Gasteiger partial charge in [-0.2, -0.15) is 0 Å². The Balaban J connectivity index is 1.58. The van der Waals surface area contributed by atoms with E-state index in [2.05, 4.69) is 126 Å². The van der Waals surface area contributed by atoms with Crippen LogP contribution in [0.15, 0.2) is 133 Å². The van der Waals surface area contributed by atoms with Gasteiger partial charge in [-0.05, 0) is 63.9 Å². The number of para-hydroxylation sites is 2. The van der Waals surface area contributed by atoms with Crippen LogP contribution in [0.1, 0.15) is 0 Å². The molecular formula is C34H22ClN. The second-order valence-corrected chi connectivity index (χ2v) is 9.58. The van der Waals surface area contributed by atoms with E-state index in [9.17, 15) is 0 Å². The van der Waals surface area contributed by atoms with Crippen molar-refractivity contribution >= 4 is 44.2 Å². The zero-order valence-electron chi connectivity index (χ0n) is 19.5. The maximum Gasteiger partial charge on any atom is 0.0547 e. The molecule has 170 valence electrons. The van der Waals surface area contributed by atoms with Gasteiger partial charge in [0.1, 0.15) is 0 Å². The molecule has 7 aromatic rings. The van der Waals surface area contributed by atoms with Gasteiger partial charge in [-0.1, -0.05) is 109 Å². The number of benzene rings is 6. The highest BCUT2D eigenvalue weighted by molar-refractivity contribution is 6.31. The second-order valence-electron chi connectivity index (χ2n) is 9.14. The Labute approximate surface area is 214 Å². The van der Waals surface area contributed by atoms with Gasteiger partial charge in [-0.25, -0.2) is 0 Å². The van der Waals surface area contributed by atoms with E-state index < -0.39 is 0 Å². The van der Waals surface area contributed by atoms with Crippen molar-refractivity contribution < 1.29 is 0 Å². The summed E-state index contributed by atoms with van der Waals surface area (Å²) in [6.07, 6.45) is 0. The predicted molar refractivity (Wildman–Crippen MR) is 154 cm³/mol. The first-order chi connectivity index (χ1) is 17.8. The monoisotopic (exact) mass is 479 g/mol. The van der Waals surface area contributed by atoms with Crippen LogP contribution in [0.25, 0.3) is 60.5 Å². The molecule has 0 atom stereocenters. The zero-order valence-corrected chi connectivity index (χ0v) is 20.3. The van der Waals surface area contributed by atoms with E-state index in [1.54, 1.807) is 0 Å². The van der Waals surface area contributed by atoms with Crippen molar-refractivity contribution in [1.82, 2.24) is 4.57 Å². The number of nitrogens with zero attached hydrogens (tertiary/aromatic N) is 1. The summed E-state index contributed by atoms with van der Waals surface area (Å²) in [5.74, 6) is 0. The third-order valence-corrected chi connectivity index (χ3v) is 7.28. The lowest BCUT2D eigenvalue weighted by molar-refractivity contribution is 1.18. The van der Waals surface area contributed by atoms with Crippen molar-refractivity contribution in [1.29, 1.82) is 0 Å². The van der Waals surface area contributed by atoms with Crippen molar-refractivity contribution in [2.45, 2.75) is 0 Å². The summed E-state index contributed by atoms with van der Waals surface area (Å²) < 4.78 is 2.41. The quantitative estimate of drug-likeness (QED) is 0.237. The van der Waals surface area contributed by atoms with E-state index in [0.717, 1.165) is 27.4 Å². The van der Waals surface area contributed by atoms with Crippen LogP contribution >= 0.6 is 11.6 Å². The van der Waals surface area contributed by atoms with Gasteiger partial charge in [0.15, 0.2) is 0 Å². The standard InChI is InChI=1S/C34H22ClN/c35-26-18-19-27(30(22-26)23-10-2-1-3-11-23)28-14-6-8-16-32(28)36-33-17-9-7-15-29(33)31-20-24-12-4-5-13-25(24)21-34(31)36/h1-22H. The normalized spacial score (nSPS) is 11.5. The van der Waals surface area contributed by atoms with Crippen LogP contribution in [0.3, 0.4) is 0 Å². The molecule has 0 N–H and O–H groups in total. The highest BCUT2D eigenvalue weighted by Gasteiger charge is 2.18. The summed E-state index contributed by atoms with van der Waals surface area (Å²) in [7, 11) is 0. The fourth-order valence-electron chi connectivity index (χ4n) is 5.42. The third kappa shape index (κ3) is 3.32. The number of hydrogen-bond donors (Lipinski definition) is 0. The smallest absolute Gasteiger partial charge is 0.0547 e. The highest BCUT2D eigenvalue weighted by Crippen LogP contribution is 2.41. The summed E-state index contributed by atoms with van der Waals surface area (Å²) >= 11 is 6.50. The van der Waals surface area contributed by atoms with E-state index >= 15 is 0 Å². The molecule has 6 aromatic carbocycles. The Morgan fingerprint density at radius 2 is 1.14 bits per heavy atom. The molecule has 0 saturated carbocycles. The first kappa shape index (κ1) is 21.0. The van der Waals surface area contributed by atoms with Gasteiger partial charge in [-0.15, -0.1) is 0 Å². The van der Waals surface area contributed by atoms with Crippen molar-refractivity contribution in [2.75, 3.05) is 0 Å². The van der Waals surface area contributed by atoms with Gasteiger partial charge in [0.2, 0.25) is 0 Å². The van der Waals surface area contributed by atoms with Crippen molar-refractivity contribution in [3.05, 3.63) is 138 Å². The minimum absolute atomic E-state index is 0.735. The fraction of sp³-hybridized carbons (Fsp3) is 0. The number of rotatable bonds is 3.